The van der Waals surface area contributed by atoms with Crippen molar-refractivity contribution in [3.8, 4) is 0 Å². The molecule has 0 aliphatic heterocycles. The lowest BCUT2D eigenvalue weighted by Gasteiger charge is -2.07. The molecule has 3 rings (SSSR count). The second kappa shape index (κ2) is 5.21. The van der Waals surface area contributed by atoms with Gasteiger partial charge in [-0.15, -0.1) is 0 Å². The first-order valence-corrected chi connectivity index (χ1v) is 7.35. The van der Waals surface area contributed by atoms with Crippen LogP contribution in [0.5, 0.6) is 0 Å². The van der Waals surface area contributed by atoms with E-state index in [1.54, 1.807) is 16.7 Å². The Hall–Kier alpha value is -2.35. The Labute approximate surface area is 123 Å². The molecule has 0 unspecified atom stereocenters. The largest absolute Gasteiger partial charge is 0.369 e. The molecule has 0 bridgehead atoms. The summed E-state index contributed by atoms with van der Waals surface area (Å²) in [6.45, 7) is 0.433. The topological polar surface area (TPSA) is 89.6 Å². The lowest BCUT2D eigenvalue weighted by atomic mass is 10.2. The molecule has 2 aromatic heterocycles. The predicted octanol–water partition coefficient (Wildman–Crippen LogP) is 1.61. The molecule has 0 atom stereocenters. The average molecular weight is 305 g/mol. The van der Waals surface area contributed by atoms with Gasteiger partial charge in [-0.05, 0) is 24.0 Å². The van der Waals surface area contributed by atoms with E-state index in [1.165, 1.54) is 23.9 Å². The van der Waals surface area contributed by atoms with Crippen molar-refractivity contribution in [2.24, 2.45) is 0 Å². The SMILES string of the molecule is CSc1nc2c(=O)[nH]c(N)nc2n1Cc1ccc(F)cc1. The van der Waals surface area contributed by atoms with E-state index in [9.17, 15) is 9.18 Å². The van der Waals surface area contributed by atoms with Crippen molar-refractivity contribution in [2.45, 2.75) is 11.7 Å². The Morgan fingerprint density at radius 1 is 1.33 bits per heavy atom. The van der Waals surface area contributed by atoms with Crippen LogP contribution in [0.3, 0.4) is 0 Å². The third kappa shape index (κ3) is 2.49. The number of thioether (sulfide) groups is 1. The number of nitrogens with two attached hydrogens (primary N) is 1. The summed E-state index contributed by atoms with van der Waals surface area (Å²) in [6, 6.07) is 6.15. The highest BCUT2D eigenvalue weighted by Gasteiger charge is 2.15. The number of H-pyrrole nitrogens is 1. The first-order chi connectivity index (χ1) is 10.1. The summed E-state index contributed by atoms with van der Waals surface area (Å²) in [5.74, 6) is -0.251. The maximum absolute atomic E-state index is 13.0. The molecule has 1 aromatic carbocycles. The van der Waals surface area contributed by atoms with Gasteiger partial charge >= 0.3 is 0 Å². The van der Waals surface area contributed by atoms with E-state index < -0.39 is 0 Å². The highest BCUT2D eigenvalue weighted by Crippen LogP contribution is 2.21. The summed E-state index contributed by atoms with van der Waals surface area (Å²) < 4.78 is 14.8. The molecule has 0 saturated heterocycles. The standard InChI is InChI=1S/C13H12FN5OS/c1-21-13-16-9-10(17-12(15)18-11(9)20)19(13)6-7-2-4-8(14)5-3-7/h2-5H,6H2,1H3,(H3,15,17,18,20). The summed E-state index contributed by atoms with van der Waals surface area (Å²) in [5, 5.41) is 0.651. The number of anilines is 1. The number of hydrogen-bond acceptors (Lipinski definition) is 5. The van der Waals surface area contributed by atoms with Gasteiger partial charge in [0.2, 0.25) is 5.95 Å². The fourth-order valence-electron chi connectivity index (χ4n) is 2.08. The Bertz CT molecular complexity index is 855. The van der Waals surface area contributed by atoms with Crippen molar-refractivity contribution in [1.82, 2.24) is 19.5 Å². The highest BCUT2D eigenvalue weighted by molar-refractivity contribution is 7.98. The van der Waals surface area contributed by atoms with Crippen molar-refractivity contribution < 1.29 is 4.39 Å². The zero-order valence-corrected chi connectivity index (χ0v) is 11.9. The van der Waals surface area contributed by atoms with Gasteiger partial charge in [0.15, 0.2) is 16.3 Å². The van der Waals surface area contributed by atoms with E-state index in [2.05, 4.69) is 15.0 Å². The number of aromatic nitrogens is 4. The minimum atomic E-state index is -0.370. The zero-order chi connectivity index (χ0) is 15.0. The van der Waals surface area contributed by atoms with Crippen LogP contribution in [0.4, 0.5) is 10.3 Å². The molecular weight excluding hydrogens is 293 g/mol. The number of rotatable bonds is 3. The quantitative estimate of drug-likeness (QED) is 0.718. The van der Waals surface area contributed by atoms with E-state index in [0.29, 0.717) is 17.3 Å². The van der Waals surface area contributed by atoms with Crippen molar-refractivity contribution >= 4 is 28.9 Å². The summed E-state index contributed by atoms with van der Waals surface area (Å²) in [4.78, 5) is 22.7. The third-order valence-electron chi connectivity index (χ3n) is 3.03. The van der Waals surface area contributed by atoms with Crippen LogP contribution < -0.4 is 11.3 Å². The minimum Gasteiger partial charge on any atom is -0.369 e. The molecule has 0 radical (unpaired) electrons. The van der Waals surface area contributed by atoms with Gasteiger partial charge in [-0.3, -0.25) is 14.3 Å². The summed E-state index contributed by atoms with van der Waals surface area (Å²) >= 11 is 1.40. The maximum Gasteiger partial charge on any atom is 0.280 e. The molecule has 8 heteroatoms. The smallest absolute Gasteiger partial charge is 0.280 e. The minimum absolute atomic E-state index is 0.0420. The number of imidazole rings is 1. The van der Waals surface area contributed by atoms with Crippen LogP contribution in [0.15, 0.2) is 34.2 Å². The van der Waals surface area contributed by atoms with Crippen LogP contribution in [0.1, 0.15) is 5.56 Å². The van der Waals surface area contributed by atoms with Crippen LogP contribution in [-0.4, -0.2) is 25.8 Å². The van der Waals surface area contributed by atoms with Crippen LogP contribution in [0, 0.1) is 5.82 Å². The van der Waals surface area contributed by atoms with E-state index in [4.69, 9.17) is 5.73 Å². The van der Waals surface area contributed by atoms with E-state index in [1.807, 2.05) is 6.26 Å². The second-order valence-electron chi connectivity index (χ2n) is 4.43. The van der Waals surface area contributed by atoms with E-state index in [0.717, 1.165) is 5.56 Å². The van der Waals surface area contributed by atoms with Gasteiger partial charge in [0.05, 0.1) is 6.54 Å². The Kier molecular flexibility index (Phi) is 3.38. The number of fused-ring (bicyclic) bond motifs is 1. The van der Waals surface area contributed by atoms with Crippen molar-refractivity contribution in [2.75, 3.05) is 12.0 Å². The van der Waals surface area contributed by atoms with Crippen LogP contribution in [0.2, 0.25) is 0 Å². The van der Waals surface area contributed by atoms with Gasteiger partial charge in [0.1, 0.15) is 5.82 Å². The molecule has 3 aromatic rings. The molecule has 0 spiro atoms. The zero-order valence-electron chi connectivity index (χ0n) is 11.1. The van der Waals surface area contributed by atoms with Gasteiger partial charge < -0.3 is 5.73 Å². The molecule has 108 valence electrons. The highest BCUT2D eigenvalue weighted by atomic mass is 32.2. The Balaban J connectivity index is 2.16. The van der Waals surface area contributed by atoms with Crippen LogP contribution >= 0.6 is 11.8 Å². The molecular formula is C13H12FN5OS. The van der Waals surface area contributed by atoms with Crippen molar-refractivity contribution in [3.63, 3.8) is 0 Å². The predicted molar refractivity (Wildman–Crippen MR) is 79.8 cm³/mol. The average Bonchev–Trinajstić information content (AvgIpc) is 2.80. The lowest BCUT2D eigenvalue weighted by molar-refractivity contribution is 0.625. The lowest BCUT2D eigenvalue weighted by Crippen LogP contribution is -2.12. The molecule has 0 aliphatic carbocycles. The Morgan fingerprint density at radius 3 is 2.71 bits per heavy atom. The van der Waals surface area contributed by atoms with Gasteiger partial charge in [0.25, 0.3) is 5.56 Å². The summed E-state index contributed by atoms with van der Waals surface area (Å²) in [6.07, 6.45) is 1.86. The molecule has 6 nitrogen and oxygen atoms in total. The van der Waals surface area contributed by atoms with Gasteiger partial charge in [0, 0.05) is 0 Å². The van der Waals surface area contributed by atoms with Crippen molar-refractivity contribution in [3.05, 3.63) is 46.0 Å². The molecule has 0 aliphatic rings. The number of nitrogens with zero attached hydrogens (tertiary/aromatic N) is 3. The first-order valence-electron chi connectivity index (χ1n) is 6.13. The number of nitrogen functional groups attached to an aromatic ring is 1. The fourth-order valence-corrected chi connectivity index (χ4v) is 2.63. The molecule has 2 heterocycles. The molecule has 0 saturated carbocycles. The number of aromatic amines is 1. The number of halogens is 1. The molecule has 0 fully saturated rings. The second-order valence-corrected chi connectivity index (χ2v) is 5.21. The fraction of sp³-hybridized carbons (Fsp3) is 0.154. The monoisotopic (exact) mass is 305 g/mol. The third-order valence-corrected chi connectivity index (χ3v) is 3.70. The number of nitrogens with one attached hydrogen (secondary N) is 1. The summed E-state index contributed by atoms with van der Waals surface area (Å²) in [7, 11) is 0. The van der Waals surface area contributed by atoms with E-state index in [-0.39, 0.29) is 22.8 Å². The van der Waals surface area contributed by atoms with Gasteiger partial charge in [-0.2, -0.15) is 4.98 Å². The molecule has 21 heavy (non-hydrogen) atoms. The van der Waals surface area contributed by atoms with Gasteiger partial charge in [-0.25, -0.2) is 9.37 Å². The first kappa shape index (κ1) is 13.6. The summed E-state index contributed by atoms with van der Waals surface area (Å²) in [5.41, 5.74) is 6.77. The van der Waals surface area contributed by atoms with E-state index >= 15 is 0 Å². The van der Waals surface area contributed by atoms with Crippen LogP contribution in [-0.2, 0) is 6.54 Å². The van der Waals surface area contributed by atoms with Gasteiger partial charge in [-0.1, -0.05) is 23.9 Å². The number of hydrogen-bond donors (Lipinski definition) is 2. The van der Waals surface area contributed by atoms with Crippen LogP contribution in [0.25, 0.3) is 11.2 Å². The Morgan fingerprint density at radius 2 is 2.05 bits per heavy atom. The molecule has 0 amide bonds. The molecule has 3 N–H and O–H groups in total. The van der Waals surface area contributed by atoms with Crippen molar-refractivity contribution in [1.29, 1.82) is 0 Å². The normalized spacial score (nSPS) is 11.1. The maximum atomic E-state index is 13.0. The number of benzene rings is 1.